The Labute approximate surface area is 114 Å². The molecule has 0 bridgehead atoms. The van der Waals surface area contributed by atoms with Crippen molar-refractivity contribution in [3.63, 3.8) is 0 Å². The van der Waals surface area contributed by atoms with Gasteiger partial charge in [0.15, 0.2) is 5.78 Å². The molecule has 1 N–H and O–H groups in total. The van der Waals surface area contributed by atoms with Gasteiger partial charge in [-0.1, -0.05) is 0 Å². The van der Waals surface area contributed by atoms with Crippen molar-refractivity contribution in [1.29, 1.82) is 0 Å². The molecule has 0 radical (unpaired) electrons. The second kappa shape index (κ2) is 5.74. The Bertz CT molecular complexity index is 464. The maximum atomic E-state index is 12.3. The first-order valence-corrected chi connectivity index (χ1v) is 7.30. The molecule has 2 aliphatic rings. The van der Waals surface area contributed by atoms with Gasteiger partial charge in [-0.05, 0) is 55.4 Å². The zero-order chi connectivity index (χ0) is 13.1. The fourth-order valence-electron chi connectivity index (χ4n) is 2.98. The number of hydrogen-bond acceptors (Lipinski definition) is 3. The zero-order valence-corrected chi connectivity index (χ0v) is 11.3. The van der Waals surface area contributed by atoms with E-state index in [9.17, 15) is 4.79 Å². The molecule has 102 valence electrons. The monoisotopic (exact) mass is 259 g/mol. The van der Waals surface area contributed by atoms with Gasteiger partial charge in [0.2, 0.25) is 0 Å². The van der Waals surface area contributed by atoms with E-state index in [2.05, 4.69) is 17.4 Å². The Morgan fingerprint density at radius 3 is 3.00 bits per heavy atom. The van der Waals surface area contributed by atoms with Gasteiger partial charge in [0.05, 0.1) is 0 Å². The van der Waals surface area contributed by atoms with Crippen LogP contribution in [-0.2, 0) is 11.2 Å². The van der Waals surface area contributed by atoms with Crippen LogP contribution >= 0.6 is 0 Å². The van der Waals surface area contributed by atoms with Crippen LogP contribution in [0.15, 0.2) is 18.2 Å². The maximum absolute atomic E-state index is 12.3. The molecule has 1 saturated heterocycles. The molecule has 0 aromatic heterocycles. The summed E-state index contributed by atoms with van der Waals surface area (Å²) in [5, 5.41) is 3.38. The zero-order valence-electron chi connectivity index (χ0n) is 11.3. The summed E-state index contributed by atoms with van der Waals surface area (Å²) in [5.41, 5.74) is 3.38. The number of carbonyl (C=O) groups is 1. The van der Waals surface area contributed by atoms with Crippen molar-refractivity contribution in [2.45, 2.75) is 32.1 Å². The largest absolute Gasteiger partial charge is 0.385 e. The summed E-state index contributed by atoms with van der Waals surface area (Å²) >= 11 is 0. The van der Waals surface area contributed by atoms with Gasteiger partial charge in [0.25, 0.3) is 0 Å². The van der Waals surface area contributed by atoms with E-state index in [0.717, 1.165) is 51.0 Å². The van der Waals surface area contributed by atoms with Crippen LogP contribution in [-0.4, -0.2) is 25.5 Å². The molecule has 1 fully saturated rings. The van der Waals surface area contributed by atoms with Crippen molar-refractivity contribution in [1.82, 2.24) is 0 Å². The van der Waals surface area contributed by atoms with E-state index < -0.39 is 0 Å². The normalized spacial score (nSPS) is 19.6. The first-order valence-electron chi connectivity index (χ1n) is 7.30. The molecule has 0 saturated carbocycles. The first-order chi connectivity index (χ1) is 9.33. The van der Waals surface area contributed by atoms with E-state index in [4.69, 9.17) is 4.74 Å². The van der Waals surface area contributed by atoms with Gasteiger partial charge < -0.3 is 10.1 Å². The van der Waals surface area contributed by atoms with Crippen molar-refractivity contribution >= 4 is 11.5 Å². The van der Waals surface area contributed by atoms with E-state index in [1.807, 2.05) is 6.07 Å². The second-order valence-corrected chi connectivity index (χ2v) is 5.59. The molecule has 0 unspecified atom stereocenters. The number of aryl methyl sites for hydroxylation is 1. The Balaban J connectivity index is 1.69. The minimum absolute atomic E-state index is 0.292. The fourth-order valence-corrected chi connectivity index (χ4v) is 2.98. The van der Waals surface area contributed by atoms with Crippen LogP contribution in [0.1, 0.15) is 41.6 Å². The lowest BCUT2D eigenvalue weighted by molar-refractivity contribution is 0.0601. The summed E-state index contributed by atoms with van der Waals surface area (Å²) in [6.45, 7) is 2.67. The van der Waals surface area contributed by atoms with Crippen LogP contribution in [0.4, 0.5) is 5.69 Å². The Kier molecular flexibility index (Phi) is 3.83. The number of carbonyl (C=O) groups excluding carboxylic acids is 1. The summed E-state index contributed by atoms with van der Waals surface area (Å²) in [5.74, 6) is 0.802. The summed E-state index contributed by atoms with van der Waals surface area (Å²) < 4.78 is 5.34. The molecule has 2 aliphatic heterocycles. The number of ketones is 1. The molecule has 1 aromatic carbocycles. The van der Waals surface area contributed by atoms with Crippen molar-refractivity contribution in [2.75, 3.05) is 25.1 Å². The van der Waals surface area contributed by atoms with Crippen molar-refractivity contribution in [2.24, 2.45) is 5.92 Å². The number of ether oxygens (including phenoxy) is 1. The number of hydrogen-bond donors (Lipinski definition) is 1. The molecule has 3 nitrogen and oxygen atoms in total. The van der Waals surface area contributed by atoms with Crippen LogP contribution in [0.5, 0.6) is 0 Å². The van der Waals surface area contributed by atoms with Crippen LogP contribution in [0.25, 0.3) is 0 Å². The summed E-state index contributed by atoms with van der Waals surface area (Å²) in [6.07, 6.45) is 4.97. The minimum Gasteiger partial charge on any atom is -0.385 e. The number of nitrogens with one attached hydrogen (secondary N) is 1. The molecule has 0 spiro atoms. The van der Waals surface area contributed by atoms with Crippen LogP contribution in [0, 0.1) is 5.92 Å². The van der Waals surface area contributed by atoms with Crippen LogP contribution in [0.3, 0.4) is 0 Å². The molecule has 1 aromatic rings. The number of benzene rings is 1. The number of anilines is 1. The van der Waals surface area contributed by atoms with Crippen LogP contribution in [0.2, 0.25) is 0 Å². The standard InChI is InChI=1S/C16H21NO2/c18-16(10-12-5-8-19-9-6-12)14-3-4-15-13(11-14)2-1-7-17-15/h3-4,11-12,17H,1-2,5-10H2. The van der Waals surface area contributed by atoms with Gasteiger partial charge in [0.1, 0.15) is 0 Å². The van der Waals surface area contributed by atoms with Gasteiger partial charge in [-0.3, -0.25) is 4.79 Å². The average Bonchev–Trinajstić information content (AvgIpc) is 2.48. The lowest BCUT2D eigenvalue weighted by Crippen LogP contribution is -2.19. The number of fused-ring (bicyclic) bond motifs is 1. The van der Waals surface area contributed by atoms with Gasteiger partial charge in [-0.15, -0.1) is 0 Å². The van der Waals surface area contributed by atoms with E-state index >= 15 is 0 Å². The molecule has 19 heavy (non-hydrogen) atoms. The molecular formula is C16H21NO2. The molecule has 0 aliphatic carbocycles. The van der Waals surface area contributed by atoms with Crippen LogP contribution < -0.4 is 5.32 Å². The number of rotatable bonds is 3. The van der Waals surface area contributed by atoms with Gasteiger partial charge in [-0.2, -0.15) is 0 Å². The van der Waals surface area contributed by atoms with E-state index in [0.29, 0.717) is 18.1 Å². The highest BCUT2D eigenvalue weighted by molar-refractivity contribution is 5.96. The maximum Gasteiger partial charge on any atom is 0.163 e. The smallest absolute Gasteiger partial charge is 0.163 e. The molecule has 3 heteroatoms. The fraction of sp³-hybridized carbons (Fsp3) is 0.562. The highest BCUT2D eigenvalue weighted by atomic mass is 16.5. The number of Topliss-reactive ketones (excluding diaryl/α,β-unsaturated/α-hetero) is 1. The molecular weight excluding hydrogens is 238 g/mol. The van der Waals surface area contributed by atoms with Gasteiger partial charge >= 0.3 is 0 Å². The molecule has 3 rings (SSSR count). The lowest BCUT2D eigenvalue weighted by atomic mass is 9.90. The highest BCUT2D eigenvalue weighted by Crippen LogP contribution is 2.25. The minimum atomic E-state index is 0.292. The molecule has 2 heterocycles. The summed E-state index contributed by atoms with van der Waals surface area (Å²) in [7, 11) is 0. The molecule has 0 amide bonds. The van der Waals surface area contributed by atoms with Gasteiger partial charge in [-0.25, -0.2) is 0 Å². The lowest BCUT2D eigenvalue weighted by Gasteiger charge is -2.22. The topological polar surface area (TPSA) is 38.3 Å². The van der Waals surface area contributed by atoms with Crippen molar-refractivity contribution in [3.8, 4) is 0 Å². The highest BCUT2D eigenvalue weighted by Gasteiger charge is 2.19. The SMILES string of the molecule is O=C(CC1CCOCC1)c1ccc2c(c1)CCCN2. The van der Waals surface area contributed by atoms with Crippen molar-refractivity contribution < 1.29 is 9.53 Å². The average molecular weight is 259 g/mol. The van der Waals surface area contributed by atoms with E-state index in [1.165, 1.54) is 11.3 Å². The van der Waals surface area contributed by atoms with E-state index in [-0.39, 0.29) is 0 Å². The third-order valence-electron chi connectivity index (χ3n) is 4.18. The Morgan fingerprint density at radius 2 is 2.16 bits per heavy atom. The van der Waals surface area contributed by atoms with E-state index in [1.54, 1.807) is 0 Å². The second-order valence-electron chi connectivity index (χ2n) is 5.59. The van der Waals surface area contributed by atoms with Crippen molar-refractivity contribution in [3.05, 3.63) is 29.3 Å². The third kappa shape index (κ3) is 2.98. The summed E-state index contributed by atoms with van der Waals surface area (Å²) in [4.78, 5) is 12.3. The predicted molar refractivity (Wildman–Crippen MR) is 75.7 cm³/mol. The molecule has 0 atom stereocenters. The quantitative estimate of drug-likeness (QED) is 0.848. The Hall–Kier alpha value is -1.35. The summed E-state index contributed by atoms with van der Waals surface area (Å²) in [6, 6.07) is 6.12. The predicted octanol–water partition coefficient (Wildman–Crippen LogP) is 3.04. The first kappa shape index (κ1) is 12.7. The Morgan fingerprint density at radius 1 is 1.32 bits per heavy atom. The third-order valence-corrected chi connectivity index (χ3v) is 4.18. The van der Waals surface area contributed by atoms with Gasteiger partial charge in [0, 0.05) is 37.4 Å².